The molecule has 0 radical (unpaired) electrons. The Labute approximate surface area is 447 Å². The number of phosphoric acid groups is 1. The molecule has 426 valence electrons. The zero-order chi connectivity index (χ0) is 52.7. The Balaban J connectivity index is 4.00. The lowest BCUT2D eigenvalue weighted by Gasteiger charge is -2.28. The highest BCUT2D eigenvalue weighted by atomic mass is 31.2. The van der Waals surface area contributed by atoms with Crippen LogP contribution < -0.4 is 4.89 Å². The van der Waals surface area contributed by atoms with Crippen LogP contribution in [0.3, 0.4) is 0 Å². The van der Waals surface area contributed by atoms with Crippen molar-refractivity contribution in [2.24, 2.45) is 0 Å². The highest BCUT2D eigenvalue weighted by Gasteiger charge is 2.22. The molecule has 0 saturated heterocycles. The van der Waals surface area contributed by atoms with Crippen LogP contribution in [0.1, 0.15) is 309 Å². The fourth-order valence-electron chi connectivity index (χ4n) is 9.16. The molecule has 0 fully saturated rings. The summed E-state index contributed by atoms with van der Waals surface area (Å²) in [4.78, 5) is 37.9. The van der Waals surface area contributed by atoms with E-state index in [0.29, 0.717) is 17.4 Å². The molecule has 0 saturated carbocycles. The third-order valence-electron chi connectivity index (χ3n) is 14.0. The molecule has 2 atom stereocenters. The summed E-state index contributed by atoms with van der Waals surface area (Å²) in [6, 6.07) is 0. The minimum absolute atomic E-state index is 0.0302. The Hall–Kier alpha value is -1.51. The van der Waals surface area contributed by atoms with Gasteiger partial charge in [-0.1, -0.05) is 276 Å². The molecule has 0 bridgehead atoms. The molecule has 10 heteroatoms. The SMILES string of the molecule is CCCCC/C=C\C/C=C\CCCCCCCCCC(=O)OC(COC(=O)CCCCCCCCCCCCCCCCCCCCCCCCCCCCCCCCC)COP(=O)([O-])OCC[N+](C)(C)C. The molecule has 0 heterocycles. The first kappa shape index (κ1) is 70.5. The zero-order valence-corrected chi connectivity index (χ0v) is 49.3. The lowest BCUT2D eigenvalue weighted by molar-refractivity contribution is -0.870. The van der Waals surface area contributed by atoms with E-state index < -0.39 is 26.5 Å². The van der Waals surface area contributed by atoms with Gasteiger partial charge in [-0.25, -0.2) is 0 Å². The average molecular weight is 1040 g/mol. The van der Waals surface area contributed by atoms with Gasteiger partial charge in [0, 0.05) is 12.8 Å². The predicted octanol–water partition coefficient (Wildman–Crippen LogP) is 18.7. The first-order chi connectivity index (χ1) is 35.0. The molecule has 0 aliphatic carbocycles. The normalized spacial score (nSPS) is 13.4. The number of likely N-dealkylation sites (N-methyl/N-ethyl adjacent to an activating group) is 1. The van der Waals surface area contributed by atoms with E-state index >= 15 is 0 Å². The molecule has 0 aromatic rings. The summed E-state index contributed by atoms with van der Waals surface area (Å²) in [7, 11) is 1.17. The lowest BCUT2D eigenvalue weighted by Crippen LogP contribution is -2.37. The number of hydrogen-bond acceptors (Lipinski definition) is 8. The molecule has 2 unspecified atom stereocenters. The van der Waals surface area contributed by atoms with Crippen molar-refractivity contribution in [2.45, 2.75) is 315 Å². The van der Waals surface area contributed by atoms with Crippen molar-refractivity contribution < 1.29 is 42.1 Å². The van der Waals surface area contributed by atoms with Crippen LogP contribution in [0.15, 0.2) is 24.3 Å². The lowest BCUT2D eigenvalue weighted by atomic mass is 10.0. The molecule has 0 aromatic heterocycles. The van der Waals surface area contributed by atoms with Crippen LogP contribution in [0.25, 0.3) is 0 Å². The first-order valence-electron chi connectivity index (χ1n) is 31.0. The van der Waals surface area contributed by atoms with Gasteiger partial charge >= 0.3 is 11.9 Å². The number of nitrogens with zero attached hydrogens (tertiary/aromatic N) is 1. The highest BCUT2D eigenvalue weighted by Crippen LogP contribution is 2.38. The second-order valence-electron chi connectivity index (χ2n) is 22.4. The van der Waals surface area contributed by atoms with Crippen LogP contribution in [0.2, 0.25) is 0 Å². The van der Waals surface area contributed by atoms with Crippen LogP contribution in [-0.2, 0) is 32.7 Å². The van der Waals surface area contributed by atoms with E-state index in [2.05, 4.69) is 38.2 Å². The van der Waals surface area contributed by atoms with E-state index in [4.69, 9.17) is 18.5 Å². The van der Waals surface area contributed by atoms with Crippen molar-refractivity contribution in [3.8, 4) is 0 Å². The summed E-state index contributed by atoms with van der Waals surface area (Å²) in [6.07, 6.45) is 65.3. The zero-order valence-electron chi connectivity index (χ0n) is 48.4. The minimum atomic E-state index is -4.63. The summed E-state index contributed by atoms with van der Waals surface area (Å²) >= 11 is 0. The van der Waals surface area contributed by atoms with Gasteiger partial charge in [0.25, 0.3) is 7.82 Å². The molecule has 9 nitrogen and oxygen atoms in total. The van der Waals surface area contributed by atoms with E-state index in [-0.39, 0.29) is 32.0 Å². The number of quaternary nitrogens is 1. The average Bonchev–Trinajstić information content (AvgIpc) is 3.34. The van der Waals surface area contributed by atoms with Gasteiger partial charge < -0.3 is 27.9 Å². The largest absolute Gasteiger partial charge is 0.756 e. The Morgan fingerprint density at radius 1 is 0.431 bits per heavy atom. The summed E-state index contributed by atoms with van der Waals surface area (Å²) < 4.78 is 34.2. The van der Waals surface area contributed by atoms with Gasteiger partial charge in [0.05, 0.1) is 27.7 Å². The van der Waals surface area contributed by atoms with Crippen molar-refractivity contribution in [1.82, 2.24) is 0 Å². The number of hydrogen-bond donors (Lipinski definition) is 0. The smallest absolute Gasteiger partial charge is 0.306 e. The van der Waals surface area contributed by atoms with Crippen LogP contribution in [0.5, 0.6) is 0 Å². The number of phosphoric ester groups is 1. The van der Waals surface area contributed by atoms with Gasteiger partial charge in [0.2, 0.25) is 0 Å². The Bertz CT molecular complexity index is 1270. The second-order valence-corrected chi connectivity index (χ2v) is 23.8. The molecule has 72 heavy (non-hydrogen) atoms. The Morgan fingerprint density at radius 2 is 0.750 bits per heavy atom. The number of esters is 2. The quantitative estimate of drug-likeness (QED) is 0.0195. The standard InChI is InChI=1S/C62H120NO8P/c1-6-8-10-12-14-16-18-20-22-24-25-26-27-28-29-30-31-32-33-34-35-36-37-39-40-42-44-46-48-50-52-54-61(64)68-58-60(59-70-72(66,67)69-57-56-63(3,4)5)71-62(65)55-53-51-49-47-45-43-41-38-23-21-19-17-15-13-11-9-7-2/h15,17,21,23,60H,6-14,16,18-20,22,24-59H2,1-5H3/b17-15-,23-21-. The minimum Gasteiger partial charge on any atom is -0.756 e. The molecule has 0 spiro atoms. The summed E-state index contributed by atoms with van der Waals surface area (Å²) in [5.74, 6) is -0.826. The van der Waals surface area contributed by atoms with Gasteiger partial charge in [-0.15, -0.1) is 0 Å². The Kier molecular flexibility index (Phi) is 53.1. The topological polar surface area (TPSA) is 111 Å². The molecule has 0 aliphatic rings. The third-order valence-corrected chi connectivity index (χ3v) is 14.9. The first-order valence-corrected chi connectivity index (χ1v) is 32.5. The summed E-state index contributed by atoms with van der Waals surface area (Å²) in [5.41, 5.74) is 0. The van der Waals surface area contributed by atoms with Crippen molar-refractivity contribution in [2.75, 3.05) is 47.5 Å². The number of carbonyl (C=O) groups excluding carboxylic acids is 2. The van der Waals surface area contributed by atoms with E-state index in [9.17, 15) is 19.0 Å². The molecule has 0 N–H and O–H groups in total. The molecular formula is C62H120NO8P. The van der Waals surface area contributed by atoms with Gasteiger partial charge in [0.1, 0.15) is 19.8 Å². The number of ether oxygens (including phenoxy) is 2. The van der Waals surface area contributed by atoms with Gasteiger partial charge in [-0.05, 0) is 44.9 Å². The number of allylic oxidation sites excluding steroid dienone is 4. The van der Waals surface area contributed by atoms with E-state index in [1.54, 1.807) is 0 Å². The van der Waals surface area contributed by atoms with Crippen molar-refractivity contribution in [3.63, 3.8) is 0 Å². The van der Waals surface area contributed by atoms with Crippen LogP contribution in [-0.4, -0.2) is 70.0 Å². The summed E-state index contributed by atoms with van der Waals surface area (Å²) in [6.45, 7) is 4.26. The highest BCUT2D eigenvalue weighted by molar-refractivity contribution is 7.45. The fraction of sp³-hybridized carbons (Fsp3) is 0.903. The third kappa shape index (κ3) is 57.8. The van der Waals surface area contributed by atoms with Gasteiger partial charge in [-0.2, -0.15) is 0 Å². The second kappa shape index (κ2) is 54.3. The van der Waals surface area contributed by atoms with Crippen LogP contribution in [0.4, 0.5) is 0 Å². The maximum absolute atomic E-state index is 12.8. The monoisotopic (exact) mass is 1040 g/mol. The number of rotatable bonds is 58. The number of carbonyl (C=O) groups is 2. The maximum atomic E-state index is 12.8. The van der Waals surface area contributed by atoms with E-state index in [0.717, 1.165) is 51.4 Å². The molecule has 0 aromatic carbocycles. The van der Waals surface area contributed by atoms with Gasteiger partial charge in [0.15, 0.2) is 6.10 Å². The molecule has 0 amide bonds. The maximum Gasteiger partial charge on any atom is 0.306 e. The van der Waals surface area contributed by atoms with E-state index in [1.807, 2.05) is 21.1 Å². The van der Waals surface area contributed by atoms with Gasteiger partial charge in [-0.3, -0.25) is 14.2 Å². The summed E-state index contributed by atoms with van der Waals surface area (Å²) in [5, 5.41) is 0. The van der Waals surface area contributed by atoms with Crippen LogP contribution >= 0.6 is 7.82 Å². The molecule has 0 rings (SSSR count). The van der Waals surface area contributed by atoms with Crippen LogP contribution in [0, 0.1) is 0 Å². The van der Waals surface area contributed by atoms with Crippen molar-refractivity contribution >= 4 is 19.8 Å². The van der Waals surface area contributed by atoms with E-state index in [1.165, 1.54) is 225 Å². The van der Waals surface area contributed by atoms with Crippen molar-refractivity contribution in [1.29, 1.82) is 0 Å². The number of unbranched alkanes of at least 4 members (excludes halogenated alkanes) is 40. The Morgan fingerprint density at radius 3 is 1.12 bits per heavy atom. The fourth-order valence-corrected chi connectivity index (χ4v) is 9.89. The van der Waals surface area contributed by atoms with Crippen molar-refractivity contribution in [3.05, 3.63) is 24.3 Å². The predicted molar refractivity (Wildman–Crippen MR) is 305 cm³/mol. The molecular weight excluding hydrogens is 918 g/mol. The molecule has 0 aliphatic heterocycles.